The Bertz CT molecular complexity index is 603. The highest BCUT2D eigenvalue weighted by Gasteiger charge is 2.51. The fourth-order valence-electron chi connectivity index (χ4n) is 1.39. The molecule has 0 aliphatic heterocycles. The van der Waals surface area contributed by atoms with Gasteiger partial charge in [0.1, 0.15) is 0 Å². The monoisotopic (exact) mass is 296 g/mol. The van der Waals surface area contributed by atoms with Gasteiger partial charge in [-0.3, -0.25) is 4.79 Å². The molecule has 0 fully saturated rings. The molecule has 21 heavy (non-hydrogen) atoms. The van der Waals surface area contributed by atoms with Gasteiger partial charge in [0.2, 0.25) is 5.78 Å². The number of benzene rings is 1. The predicted octanol–water partition coefficient (Wildman–Crippen LogP) is -0.117. The summed E-state index contributed by atoms with van der Waals surface area (Å²) in [5, 5.41) is 36.1. The fourth-order valence-corrected chi connectivity index (χ4v) is 1.39. The number of aromatic hydroxyl groups is 1. The molecule has 112 valence electrons. The number of aliphatic carboxylic acids is 2. The first-order valence-corrected chi connectivity index (χ1v) is 5.52. The summed E-state index contributed by atoms with van der Waals surface area (Å²) in [5.41, 5.74) is -3.21. The van der Waals surface area contributed by atoms with Crippen molar-refractivity contribution in [2.75, 3.05) is 7.11 Å². The zero-order valence-electron chi connectivity index (χ0n) is 10.8. The molecule has 0 aliphatic carbocycles. The molecular formula is C13H12O8. The molecule has 0 unspecified atom stereocenters. The van der Waals surface area contributed by atoms with Crippen molar-refractivity contribution in [3.05, 3.63) is 29.8 Å². The van der Waals surface area contributed by atoms with Gasteiger partial charge in [0.05, 0.1) is 7.11 Å². The van der Waals surface area contributed by atoms with Crippen LogP contribution < -0.4 is 4.74 Å². The van der Waals surface area contributed by atoms with Crippen LogP contribution in [0.2, 0.25) is 0 Å². The van der Waals surface area contributed by atoms with Crippen LogP contribution in [-0.2, 0) is 14.4 Å². The van der Waals surface area contributed by atoms with E-state index in [1.54, 1.807) is 0 Å². The third kappa shape index (κ3) is 3.18. The summed E-state index contributed by atoms with van der Waals surface area (Å²) in [5.74, 6) is -5.93. The van der Waals surface area contributed by atoms with Crippen molar-refractivity contribution in [1.29, 1.82) is 0 Å². The van der Waals surface area contributed by atoms with Crippen molar-refractivity contribution in [2.24, 2.45) is 0 Å². The zero-order chi connectivity index (χ0) is 16.2. The molecule has 0 bridgehead atoms. The highest BCUT2D eigenvalue weighted by Crippen LogP contribution is 2.26. The fraction of sp³-hybridized carbons (Fsp3) is 0.154. The molecular weight excluding hydrogens is 284 g/mol. The summed E-state index contributed by atoms with van der Waals surface area (Å²) < 4.78 is 4.83. The predicted molar refractivity (Wildman–Crippen MR) is 68.9 cm³/mol. The Morgan fingerprint density at radius 1 is 1.19 bits per heavy atom. The van der Waals surface area contributed by atoms with E-state index in [-0.39, 0.29) is 11.5 Å². The normalized spacial score (nSPS) is 11.3. The molecule has 4 N–H and O–H groups in total. The number of aliphatic hydroxyl groups is 1. The van der Waals surface area contributed by atoms with E-state index in [2.05, 4.69) is 0 Å². The van der Waals surface area contributed by atoms with Crippen molar-refractivity contribution in [3.63, 3.8) is 0 Å². The van der Waals surface area contributed by atoms with Crippen LogP contribution in [0.25, 0.3) is 6.08 Å². The highest BCUT2D eigenvalue weighted by atomic mass is 16.5. The maximum Gasteiger partial charge on any atom is 0.356 e. The van der Waals surface area contributed by atoms with Crippen molar-refractivity contribution in [1.82, 2.24) is 0 Å². The topological polar surface area (TPSA) is 141 Å². The molecule has 0 saturated heterocycles. The molecule has 1 aromatic rings. The van der Waals surface area contributed by atoms with Gasteiger partial charge in [-0.1, -0.05) is 12.1 Å². The van der Waals surface area contributed by atoms with Crippen molar-refractivity contribution < 1.29 is 39.5 Å². The maximum absolute atomic E-state index is 11.6. The number of carboxylic acid groups (broad SMARTS) is 2. The molecule has 0 spiro atoms. The second-order valence-corrected chi connectivity index (χ2v) is 3.95. The molecule has 0 heterocycles. The number of rotatable bonds is 6. The number of ether oxygens (including phenoxy) is 1. The Balaban J connectivity index is 3.07. The SMILES string of the molecule is COc1cc(C=CC(=O)C(O)(C(=O)O)C(=O)O)ccc1O. The number of carbonyl (C=O) groups is 3. The standard InChI is InChI=1S/C13H12O8/c1-21-9-6-7(2-4-8(9)14)3-5-10(15)13(20,11(16)17)12(18)19/h2-6,14,20H,1H3,(H,16,17)(H,18,19). The number of carbonyl (C=O) groups excluding carboxylic acids is 1. The van der Waals surface area contributed by atoms with Crippen LogP contribution in [0.3, 0.4) is 0 Å². The molecule has 1 aromatic carbocycles. The van der Waals surface area contributed by atoms with Crippen LogP contribution in [0.15, 0.2) is 24.3 Å². The third-order valence-corrected chi connectivity index (χ3v) is 2.61. The highest BCUT2D eigenvalue weighted by molar-refractivity contribution is 6.26. The molecule has 8 nitrogen and oxygen atoms in total. The van der Waals surface area contributed by atoms with Gasteiger partial charge in [-0.15, -0.1) is 0 Å². The molecule has 0 radical (unpaired) electrons. The largest absolute Gasteiger partial charge is 0.504 e. The summed E-state index contributed by atoms with van der Waals surface area (Å²) in [7, 11) is 1.31. The van der Waals surface area contributed by atoms with Crippen LogP contribution in [0.5, 0.6) is 11.5 Å². The number of phenolic OH excluding ortho intramolecular Hbond substituents is 1. The minimum absolute atomic E-state index is 0.108. The smallest absolute Gasteiger partial charge is 0.356 e. The second kappa shape index (κ2) is 6.06. The van der Waals surface area contributed by atoms with Crippen molar-refractivity contribution >= 4 is 23.8 Å². The zero-order valence-corrected chi connectivity index (χ0v) is 10.8. The molecule has 0 aromatic heterocycles. The van der Waals surface area contributed by atoms with Gasteiger partial charge in [-0.25, -0.2) is 9.59 Å². The Labute approximate surface area is 118 Å². The van der Waals surface area contributed by atoms with E-state index in [0.29, 0.717) is 11.6 Å². The minimum Gasteiger partial charge on any atom is -0.504 e. The number of carboxylic acids is 2. The lowest BCUT2D eigenvalue weighted by Gasteiger charge is -2.14. The minimum atomic E-state index is -3.54. The van der Waals surface area contributed by atoms with Gasteiger partial charge >= 0.3 is 17.5 Å². The lowest BCUT2D eigenvalue weighted by Crippen LogP contribution is -2.52. The quantitative estimate of drug-likeness (QED) is 0.420. The van der Waals surface area contributed by atoms with E-state index in [1.807, 2.05) is 0 Å². The van der Waals surface area contributed by atoms with Gasteiger partial charge in [0.15, 0.2) is 11.5 Å². The van der Waals surface area contributed by atoms with Gasteiger partial charge < -0.3 is 25.2 Å². The van der Waals surface area contributed by atoms with Gasteiger partial charge in [-0.2, -0.15) is 0 Å². The first-order valence-electron chi connectivity index (χ1n) is 5.52. The second-order valence-electron chi connectivity index (χ2n) is 3.95. The molecule has 8 heteroatoms. The van der Waals surface area contributed by atoms with E-state index >= 15 is 0 Å². The maximum atomic E-state index is 11.6. The average Bonchev–Trinajstić information content (AvgIpc) is 2.44. The number of hydrogen-bond acceptors (Lipinski definition) is 6. The Kier molecular flexibility index (Phi) is 4.67. The molecule has 0 amide bonds. The van der Waals surface area contributed by atoms with E-state index in [0.717, 1.165) is 6.08 Å². The summed E-state index contributed by atoms with van der Waals surface area (Å²) in [6.45, 7) is 0. The van der Waals surface area contributed by atoms with Crippen LogP contribution in [0, 0.1) is 0 Å². The van der Waals surface area contributed by atoms with E-state index in [9.17, 15) is 24.6 Å². The summed E-state index contributed by atoms with van der Waals surface area (Å²) >= 11 is 0. The first-order chi connectivity index (χ1) is 9.73. The lowest BCUT2D eigenvalue weighted by molar-refractivity contribution is -0.177. The molecule has 1 rings (SSSR count). The van der Waals surface area contributed by atoms with Crippen LogP contribution >= 0.6 is 0 Å². The van der Waals surface area contributed by atoms with Crippen LogP contribution in [0.4, 0.5) is 0 Å². The van der Waals surface area contributed by atoms with Gasteiger partial charge in [-0.05, 0) is 23.8 Å². The Morgan fingerprint density at radius 2 is 1.76 bits per heavy atom. The third-order valence-electron chi connectivity index (χ3n) is 2.61. The lowest BCUT2D eigenvalue weighted by atomic mass is 9.98. The van der Waals surface area contributed by atoms with Crippen LogP contribution in [-0.4, -0.2) is 50.9 Å². The summed E-state index contributed by atoms with van der Waals surface area (Å²) in [6, 6.07) is 3.98. The first kappa shape index (κ1) is 16.2. The molecule has 0 saturated carbocycles. The summed E-state index contributed by atoms with van der Waals surface area (Å²) in [4.78, 5) is 33.0. The molecule has 0 aliphatic rings. The van der Waals surface area contributed by atoms with E-state index in [1.165, 1.54) is 25.3 Å². The average molecular weight is 296 g/mol. The van der Waals surface area contributed by atoms with Gasteiger partial charge in [0.25, 0.3) is 0 Å². The molecule has 0 atom stereocenters. The Morgan fingerprint density at radius 3 is 2.24 bits per heavy atom. The van der Waals surface area contributed by atoms with Crippen molar-refractivity contribution in [3.8, 4) is 11.5 Å². The van der Waals surface area contributed by atoms with E-state index < -0.39 is 23.3 Å². The number of hydrogen-bond donors (Lipinski definition) is 4. The number of phenols is 1. The number of ketones is 1. The van der Waals surface area contributed by atoms with Crippen LogP contribution in [0.1, 0.15) is 5.56 Å². The number of methoxy groups -OCH3 is 1. The van der Waals surface area contributed by atoms with Gasteiger partial charge in [0, 0.05) is 0 Å². The summed E-state index contributed by atoms with van der Waals surface area (Å²) in [6.07, 6.45) is 1.70. The van der Waals surface area contributed by atoms with Crippen molar-refractivity contribution in [2.45, 2.75) is 5.60 Å². The van der Waals surface area contributed by atoms with E-state index in [4.69, 9.17) is 14.9 Å². The Hall–Kier alpha value is -2.87.